The van der Waals surface area contributed by atoms with Crippen molar-refractivity contribution >= 4 is 0 Å². The van der Waals surface area contributed by atoms with Crippen LogP contribution in [0.15, 0.2) is 0 Å². The predicted molar refractivity (Wildman–Crippen MR) is 55.2 cm³/mol. The van der Waals surface area contributed by atoms with E-state index in [1.807, 2.05) is 0 Å². The minimum atomic E-state index is -1.17. The highest BCUT2D eigenvalue weighted by atomic mass is 16.6. The molecule has 15 heavy (non-hydrogen) atoms. The van der Waals surface area contributed by atoms with Gasteiger partial charge in [0.25, 0.3) is 0 Å². The van der Waals surface area contributed by atoms with Gasteiger partial charge >= 0.3 is 0 Å². The summed E-state index contributed by atoms with van der Waals surface area (Å²) in [5.74, 6) is -1.17. The zero-order chi connectivity index (χ0) is 11.5. The molecule has 5 heteroatoms. The lowest BCUT2D eigenvalue weighted by atomic mass is 10.2. The van der Waals surface area contributed by atoms with Crippen molar-refractivity contribution < 1.29 is 19.7 Å². The maximum atomic E-state index is 9.54. The summed E-state index contributed by atoms with van der Waals surface area (Å²) in [6, 6.07) is 0.0426. The van der Waals surface area contributed by atoms with Crippen LogP contribution in [-0.2, 0) is 9.47 Å². The lowest BCUT2D eigenvalue weighted by Gasteiger charge is -2.27. The molecule has 0 bridgehead atoms. The van der Waals surface area contributed by atoms with Gasteiger partial charge in [0.05, 0.1) is 25.4 Å². The van der Waals surface area contributed by atoms with Crippen molar-refractivity contribution in [1.29, 1.82) is 0 Å². The maximum Gasteiger partial charge on any atom is 0.160 e. The summed E-state index contributed by atoms with van der Waals surface area (Å²) in [6.07, 6.45) is 1.08. The van der Waals surface area contributed by atoms with Gasteiger partial charge in [-0.05, 0) is 26.7 Å². The van der Waals surface area contributed by atoms with Crippen LogP contribution in [0.3, 0.4) is 0 Å². The summed E-state index contributed by atoms with van der Waals surface area (Å²) in [7, 11) is 0. The Morgan fingerprint density at radius 1 is 1.33 bits per heavy atom. The van der Waals surface area contributed by atoms with Crippen LogP contribution >= 0.6 is 0 Å². The third-order valence-electron chi connectivity index (χ3n) is 2.35. The van der Waals surface area contributed by atoms with Crippen LogP contribution in [0.5, 0.6) is 0 Å². The number of hydrogen-bond acceptors (Lipinski definition) is 5. The third kappa shape index (κ3) is 4.44. The van der Waals surface area contributed by atoms with E-state index in [1.54, 1.807) is 13.8 Å². The molecule has 0 heterocycles. The van der Waals surface area contributed by atoms with Crippen molar-refractivity contribution in [2.45, 2.75) is 50.7 Å². The van der Waals surface area contributed by atoms with Crippen LogP contribution in [-0.4, -0.2) is 47.5 Å². The molecular weight excluding hydrogens is 198 g/mol. The van der Waals surface area contributed by atoms with E-state index in [9.17, 15) is 5.11 Å². The Balaban J connectivity index is 2.45. The molecule has 0 radical (unpaired) electrons. The van der Waals surface area contributed by atoms with Gasteiger partial charge < -0.3 is 25.4 Å². The summed E-state index contributed by atoms with van der Waals surface area (Å²) in [4.78, 5) is 0. The Bertz CT molecular complexity index is 192. The van der Waals surface area contributed by atoms with E-state index in [0.29, 0.717) is 12.8 Å². The smallest absolute Gasteiger partial charge is 0.160 e. The molecule has 1 aliphatic carbocycles. The Morgan fingerprint density at radius 3 is 2.47 bits per heavy atom. The van der Waals surface area contributed by atoms with E-state index in [-0.39, 0.29) is 31.5 Å². The zero-order valence-corrected chi connectivity index (χ0v) is 9.35. The van der Waals surface area contributed by atoms with Crippen LogP contribution in [0.4, 0.5) is 0 Å². The zero-order valence-electron chi connectivity index (χ0n) is 9.35. The molecule has 0 saturated heterocycles. The average molecular weight is 219 g/mol. The van der Waals surface area contributed by atoms with E-state index in [4.69, 9.17) is 20.3 Å². The van der Waals surface area contributed by atoms with Crippen molar-refractivity contribution in [3.63, 3.8) is 0 Å². The van der Waals surface area contributed by atoms with Crippen LogP contribution in [0.1, 0.15) is 26.7 Å². The molecule has 0 spiro atoms. The molecule has 0 aromatic carbocycles. The van der Waals surface area contributed by atoms with Crippen LogP contribution in [0.25, 0.3) is 0 Å². The van der Waals surface area contributed by atoms with Crippen LogP contribution < -0.4 is 5.73 Å². The number of aliphatic hydroxyl groups excluding tert-OH is 1. The lowest BCUT2D eigenvalue weighted by molar-refractivity contribution is -0.224. The first-order chi connectivity index (χ1) is 6.92. The largest absolute Gasteiger partial charge is 0.394 e. The second kappa shape index (κ2) is 5.23. The van der Waals surface area contributed by atoms with Gasteiger partial charge in [0, 0.05) is 6.04 Å². The average Bonchev–Trinajstić information content (AvgIpc) is 2.39. The molecule has 90 valence electrons. The molecule has 1 fully saturated rings. The first kappa shape index (κ1) is 12.9. The first-order valence-electron chi connectivity index (χ1n) is 5.30. The van der Waals surface area contributed by atoms with Gasteiger partial charge in [-0.2, -0.15) is 0 Å². The van der Waals surface area contributed by atoms with Gasteiger partial charge in [-0.15, -0.1) is 0 Å². The third-order valence-corrected chi connectivity index (χ3v) is 2.35. The van der Waals surface area contributed by atoms with E-state index < -0.39 is 5.79 Å². The maximum absolute atomic E-state index is 9.54. The number of nitrogens with two attached hydrogens (primary N) is 1. The van der Waals surface area contributed by atoms with Gasteiger partial charge in [0.2, 0.25) is 0 Å². The summed E-state index contributed by atoms with van der Waals surface area (Å²) < 4.78 is 10.9. The van der Waals surface area contributed by atoms with Crippen molar-refractivity contribution in [2.24, 2.45) is 5.73 Å². The summed E-state index contributed by atoms with van der Waals surface area (Å²) in [6.45, 7) is 3.43. The van der Waals surface area contributed by atoms with Crippen molar-refractivity contribution in [1.82, 2.24) is 0 Å². The molecule has 5 nitrogen and oxygen atoms in total. The van der Waals surface area contributed by atoms with E-state index in [1.165, 1.54) is 0 Å². The molecular formula is C10H21NO4. The number of rotatable bonds is 5. The molecule has 0 aliphatic heterocycles. The fourth-order valence-electron chi connectivity index (χ4n) is 1.87. The molecule has 1 rings (SSSR count). The van der Waals surface area contributed by atoms with E-state index in [2.05, 4.69) is 0 Å². The monoisotopic (exact) mass is 219 g/mol. The summed E-state index contributed by atoms with van der Waals surface area (Å²) in [5, 5.41) is 18.2. The Morgan fingerprint density at radius 2 is 1.93 bits per heavy atom. The molecule has 2 unspecified atom stereocenters. The summed E-state index contributed by atoms with van der Waals surface area (Å²) in [5.41, 5.74) is 5.80. The molecule has 4 N–H and O–H groups in total. The topological polar surface area (TPSA) is 84.9 Å². The second-order valence-electron chi connectivity index (χ2n) is 4.47. The van der Waals surface area contributed by atoms with Gasteiger partial charge in [0.15, 0.2) is 5.79 Å². The summed E-state index contributed by atoms with van der Waals surface area (Å²) >= 11 is 0. The minimum absolute atomic E-state index is 0.0129. The molecule has 0 amide bonds. The van der Waals surface area contributed by atoms with Crippen LogP contribution in [0, 0.1) is 0 Å². The predicted octanol–water partition coefficient (Wildman–Crippen LogP) is -0.401. The van der Waals surface area contributed by atoms with Gasteiger partial charge in [-0.3, -0.25) is 0 Å². The van der Waals surface area contributed by atoms with E-state index in [0.717, 1.165) is 0 Å². The fourth-order valence-corrected chi connectivity index (χ4v) is 1.87. The second-order valence-corrected chi connectivity index (χ2v) is 4.47. The van der Waals surface area contributed by atoms with Crippen molar-refractivity contribution in [2.75, 3.05) is 13.2 Å². The van der Waals surface area contributed by atoms with Gasteiger partial charge in [-0.1, -0.05) is 0 Å². The Labute approximate surface area is 90.2 Å². The number of ether oxygens (including phenoxy) is 2. The highest BCUT2D eigenvalue weighted by Gasteiger charge is 2.36. The van der Waals surface area contributed by atoms with Crippen molar-refractivity contribution in [3.05, 3.63) is 0 Å². The van der Waals surface area contributed by atoms with E-state index >= 15 is 0 Å². The highest BCUT2D eigenvalue weighted by Crippen LogP contribution is 2.27. The Hall–Kier alpha value is -0.200. The molecule has 1 aliphatic rings. The number of hydrogen-bond donors (Lipinski definition) is 3. The highest BCUT2D eigenvalue weighted by molar-refractivity contribution is 4.88. The quantitative estimate of drug-likeness (QED) is 0.548. The number of aliphatic hydroxyl groups is 2. The van der Waals surface area contributed by atoms with Gasteiger partial charge in [0.1, 0.15) is 0 Å². The van der Waals surface area contributed by atoms with Crippen LogP contribution in [0.2, 0.25) is 0 Å². The lowest BCUT2D eigenvalue weighted by Crippen LogP contribution is -2.36. The molecule has 0 aromatic heterocycles. The molecule has 0 aromatic rings. The van der Waals surface area contributed by atoms with Crippen molar-refractivity contribution in [3.8, 4) is 0 Å². The molecule has 3 atom stereocenters. The standard InChI is InChI=1S/C10H21NO4/c1-10(2,13)15-9-6-7(11)5-8(9)14-4-3-12/h7-9,12-13H,3-6,11H2,1-2H3/t7?,8?,9-/m0/s1. The first-order valence-corrected chi connectivity index (χ1v) is 5.30. The van der Waals surface area contributed by atoms with Gasteiger partial charge in [-0.25, -0.2) is 0 Å². The Kier molecular flexibility index (Phi) is 4.48. The normalized spacial score (nSPS) is 32.2. The minimum Gasteiger partial charge on any atom is -0.394 e. The SMILES string of the molecule is CC(C)(O)O[C@H]1CC(N)CC1OCCO. The molecule has 1 saturated carbocycles. The fraction of sp³-hybridized carbons (Fsp3) is 1.00.